The molecule has 0 unspecified atom stereocenters. The van der Waals surface area contributed by atoms with Crippen LogP contribution in [-0.2, 0) is 12.8 Å². The molecule has 1 aromatic heterocycles. The van der Waals surface area contributed by atoms with Crippen molar-refractivity contribution in [1.29, 1.82) is 0 Å². The number of fused-ring (bicyclic) bond motifs is 3. The predicted octanol–water partition coefficient (Wildman–Crippen LogP) is 3.34. The van der Waals surface area contributed by atoms with Crippen LogP contribution in [0.3, 0.4) is 0 Å². The minimum absolute atomic E-state index is 0.253. The number of hydrogen-bond acceptors (Lipinski definition) is 3. The van der Waals surface area contributed by atoms with E-state index in [1.165, 1.54) is 5.56 Å². The van der Waals surface area contributed by atoms with E-state index in [-0.39, 0.29) is 5.56 Å². The van der Waals surface area contributed by atoms with Gasteiger partial charge >= 0.3 is 5.97 Å². The Morgan fingerprint density at radius 3 is 2.79 bits per heavy atom. The smallest absolute Gasteiger partial charge is 0.335 e. The number of nitrogens with zero attached hydrogens (tertiary/aromatic N) is 2. The first-order valence-electron chi connectivity index (χ1n) is 7.75. The van der Waals surface area contributed by atoms with Gasteiger partial charge in [0.2, 0.25) is 0 Å². The van der Waals surface area contributed by atoms with Gasteiger partial charge < -0.3 is 9.84 Å². The van der Waals surface area contributed by atoms with Crippen molar-refractivity contribution in [1.82, 2.24) is 9.78 Å². The summed E-state index contributed by atoms with van der Waals surface area (Å²) >= 11 is 0. The van der Waals surface area contributed by atoms with Gasteiger partial charge in [0.05, 0.1) is 24.1 Å². The Kier molecular flexibility index (Phi) is 3.34. The SMILES string of the molecule is COc1ccc2c(c1)-c1nn(-c3cccc(C(=O)O)c3)cc1CC2. The molecule has 2 aromatic carbocycles. The largest absolute Gasteiger partial charge is 0.497 e. The van der Waals surface area contributed by atoms with Crippen molar-refractivity contribution in [3.05, 3.63) is 65.4 Å². The highest BCUT2D eigenvalue weighted by Crippen LogP contribution is 2.35. The molecule has 120 valence electrons. The Bertz CT molecular complexity index is 944. The van der Waals surface area contributed by atoms with Crippen molar-refractivity contribution in [3.63, 3.8) is 0 Å². The first kappa shape index (κ1) is 14.5. The zero-order chi connectivity index (χ0) is 16.7. The van der Waals surface area contributed by atoms with E-state index in [1.54, 1.807) is 30.0 Å². The summed E-state index contributed by atoms with van der Waals surface area (Å²) in [5.74, 6) is -0.132. The molecule has 4 rings (SSSR count). The summed E-state index contributed by atoms with van der Waals surface area (Å²) < 4.78 is 7.08. The molecule has 0 amide bonds. The zero-order valence-electron chi connectivity index (χ0n) is 13.2. The molecule has 0 atom stereocenters. The lowest BCUT2D eigenvalue weighted by Gasteiger charge is -2.15. The van der Waals surface area contributed by atoms with Gasteiger partial charge in [-0.1, -0.05) is 12.1 Å². The summed E-state index contributed by atoms with van der Waals surface area (Å²) in [4.78, 5) is 11.2. The maximum Gasteiger partial charge on any atom is 0.335 e. The van der Waals surface area contributed by atoms with Crippen molar-refractivity contribution >= 4 is 5.97 Å². The maximum absolute atomic E-state index is 11.2. The van der Waals surface area contributed by atoms with Crippen LogP contribution in [0, 0.1) is 0 Å². The summed E-state index contributed by atoms with van der Waals surface area (Å²) in [5, 5.41) is 13.9. The quantitative estimate of drug-likeness (QED) is 0.804. The number of carbonyl (C=O) groups is 1. The molecule has 0 saturated carbocycles. The molecule has 0 radical (unpaired) electrons. The standard InChI is InChI=1S/C19H16N2O3/c1-24-16-8-7-12-5-6-14-11-21(20-18(14)17(12)10-16)15-4-2-3-13(9-15)19(22)23/h2-4,7-11H,5-6H2,1H3,(H,22,23). The van der Waals surface area contributed by atoms with Gasteiger partial charge in [0.15, 0.2) is 0 Å². The van der Waals surface area contributed by atoms with Crippen molar-refractivity contribution in [2.75, 3.05) is 7.11 Å². The van der Waals surface area contributed by atoms with Crippen LogP contribution in [0.2, 0.25) is 0 Å². The van der Waals surface area contributed by atoms with E-state index < -0.39 is 5.97 Å². The third-order valence-corrected chi connectivity index (χ3v) is 4.38. The Labute approximate surface area is 139 Å². The van der Waals surface area contributed by atoms with E-state index in [9.17, 15) is 4.79 Å². The van der Waals surface area contributed by atoms with Gasteiger partial charge in [-0.15, -0.1) is 0 Å². The molecule has 1 aliphatic rings. The van der Waals surface area contributed by atoms with Gasteiger partial charge in [-0.2, -0.15) is 5.10 Å². The summed E-state index contributed by atoms with van der Waals surface area (Å²) in [6, 6.07) is 12.9. The van der Waals surface area contributed by atoms with Crippen LogP contribution < -0.4 is 4.74 Å². The van der Waals surface area contributed by atoms with E-state index in [0.29, 0.717) is 0 Å². The zero-order valence-corrected chi connectivity index (χ0v) is 13.2. The summed E-state index contributed by atoms with van der Waals surface area (Å²) in [5.41, 5.74) is 5.45. The third-order valence-electron chi connectivity index (χ3n) is 4.38. The van der Waals surface area contributed by atoms with E-state index >= 15 is 0 Å². The molecule has 0 bridgehead atoms. The van der Waals surface area contributed by atoms with E-state index in [1.807, 2.05) is 24.4 Å². The maximum atomic E-state index is 11.2. The molecule has 0 saturated heterocycles. The Morgan fingerprint density at radius 2 is 2.00 bits per heavy atom. The summed E-state index contributed by atoms with van der Waals surface area (Å²) in [6.07, 6.45) is 3.87. The van der Waals surface area contributed by atoms with Gasteiger partial charge in [-0.3, -0.25) is 0 Å². The van der Waals surface area contributed by atoms with Crippen LogP contribution in [0.5, 0.6) is 5.75 Å². The number of aromatic carboxylic acids is 1. The third kappa shape index (κ3) is 2.34. The van der Waals surface area contributed by atoms with Gasteiger partial charge in [0.1, 0.15) is 5.75 Å². The fraction of sp³-hybridized carbons (Fsp3) is 0.158. The lowest BCUT2D eigenvalue weighted by molar-refractivity contribution is 0.0697. The number of hydrogen-bond donors (Lipinski definition) is 1. The van der Waals surface area contributed by atoms with E-state index in [2.05, 4.69) is 6.07 Å². The van der Waals surface area contributed by atoms with Crippen molar-refractivity contribution in [2.45, 2.75) is 12.8 Å². The predicted molar refractivity (Wildman–Crippen MR) is 89.9 cm³/mol. The van der Waals surface area contributed by atoms with Crippen molar-refractivity contribution < 1.29 is 14.6 Å². The van der Waals surface area contributed by atoms with Crippen LogP contribution in [0.4, 0.5) is 0 Å². The Hall–Kier alpha value is -3.08. The summed E-state index contributed by atoms with van der Waals surface area (Å²) in [7, 11) is 1.65. The normalized spacial score (nSPS) is 12.4. The number of rotatable bonds is 3. The fourth-order valence-electron chi connectivity index (χ4n) is 3.12. The molecule has 24 heavy (non-hydrogen) atoms. The minimum atomic E-state index is -0.941. The van der Waals surface area contributed by atoms with E-state index in [4.69, 9.17) is 14.9 Å². The molecule has 5 heteroatoms. The second kappa shape index (κ2) is 5.53. The molecule has 1 aliphatic carbocycles. The van der Waals surface area contributed by atoms with Gasteiger partial charge in [-0.25, -0.2) is 9.48 Å². The van der Waals surface area contributed by atoms with Crippen LogP contribution in [0.1, 0.15) is 21.5 Å². The number of aromatic nitrogens is 2. The van der Waals surface area contributed by atoms with Crippen molar-refractivity contribution in [3.8, 4) is 22.7 Å². The number of carboxylic acids is 1. The first-order valence-corrected chi connectivity index (χ1v) is 7.75. The Balaban J connectivity index is 1.81. The topological polar surface area (TPSA) is 64.4 Å². The van der Waals surface area contributed by atoms with Gasteiger partial charge in [0.25, 0.3) is 0 Å². The monoisotopic (exact) mass is 320 g/mol. The number of benzene rings is 2. The van der Waals surface area contributed by atoms with Crippen molar-refractivity contribution in [2.24, 2.45) is 0 Å². The van der Waals surface area contributed by atoms with Crippen LogP contribution in [0.15, 0.2) is 48.7 Å². The van der Waals surface area contributed by atoms with Crippen LogP contribution >= 0.6 is 0 Å². The number of aryl methyl sites for hydroxylation is 2. The number of ether oxygens (including phenoxy) is 1. The molecule has 3 aromatic rings. The lowest BCUT2D eigenvalue weighted by Crippen LogP contribution is -2.03. The second-order valence-corrected chi connectivity index (χ2v) is 5.83. The molecular formula is C19H16N2O3. The molecule has 0 aliphatic heterocycles. The van der Waals surface area contributed by atoms with Crippen LogP contribution in [-0.4, -0.2) is 28.0 Å². The van der Waals surface area contributed by atoms with Crippen LogP contribution in [0.25, 0.3) is 16.9 Å². The van der Waals surface area contributed by atoms with E-state index in [0.717, 1.165) is 41.1 Å². The number of methoxy groups -OCH3 is 1. The molecule has 0 fully saturated rings. The second-order valence-electron chi connectivity index (χ2n) is 5.83. The lowest BCUT2D eigenvalue weighted by atomic mass is 9.90. The summed E-state index contributed by atoms with van der Waals surface area (Å²) in [6.45, 7) is 0. The molecule has 0 spiro atoms. The van der Waals surface area contributed by atoms with Gasteiger partial charge in [-0.05, 0) is 54.3 Å². The fourth-order valence-corrected chi connectivity index (χ4v) is 3.12. The first-order chi connectivity index (χ1) is 11.7. The van der Waals surface area contributed by atoms with Gasteiger partial charge in [0, 0.05) is 11.8 Å². The molecule has 5 nitrogen and oxygen atoms in total. The molecule has 1 N–H and O–H groups in total. The number of carboxylic acid groups (broad SMARTS) is 1. The Morgan fingerprint density at radius 1 is 1.17 bits per heavy atom. The highest BCUT2D eigenvalue weighted by atomic mass is 16.5. The molecule has 1 heterocycles. The minimum Gasteiger partial charge on any atom is -0.497 e. The average molecular weight is 320 g/mol. The average Bonchev–Trinajstić information content (AvgIpc) is 3.06. The highest BCUT2D eigenvalue weighted by Gasteiger charge is 2.21. The highest BCUT2D eigenvalue weighted by molar-refractivity contribution is 5.88. The molecular weight excluding hydrogens is 304 g/mol.